The van der Waals surface area contributed by atoms with Crippen LogP contribution in [0.2, 0.25) is 0 Å². The van der Waals surface area contributed by atoms with Gasteiger partial charge in [0, 0.05) is 18.3 Å². The molecule has 1 aromatic heterocycles. The molecule has 0 spiro atoms. The largest absolute Gasteiger partial charge is 0.410 e. The van der Waals surface area contributed by atoms with Gasteiger partial charge in [-0.25, -0.2) is 13.6 Å². The highest BCUT2D eigenvalue weighted by atomic mass is 32.2. The monoisotopic (exact) mass is 271 g/mol. The third kappa shape index (κ3) is 3.43. The molecule has 2 N–H and O–H groups in total. The Kier molecular flexibility index (Phi) is 3.82. The number of halogens is 3. The molecule has 0 saturated carbocycles. The van der Waals surface area contributed by atoms with Gasteiger partial charge in [0.2, 0.25) is 10.0 Å². The summed E-state index contributed by atoms with van der Waals surface area (Å²) in [6.07, 6.45) is -2.36. The fraction of sp³-hybridized carbons (Fsp3) is 0.625. The second-order valence-electron chi connectivity index (χ2n) is 3.55. The Morgan fingerprint density at radius 3 is 2.53 bits per heavy atom. The van der Waals surface area contributed by atoms with Crippen LogP contribution in [0.4, 0.5) is 13.2 Å². The van der Waals surface area contributed by atoms with Crippen LogP contribution in [0.3, 0.4) is 0 Å². The van der Waals surface area contributed by atoms with E-state index in [4.69, 9.17) is 0 Å². The van der Waals surface area contributed by atoms with Crippen molar-refractivity contribution in [1.82, 2.24) is 9.78 Å². The highest BCUT2D eigenvalue weighted by Crippen LogP contribution is 2.37. The van der Waals surface area contributed by atoms with Crippen LogP contribution in [0.1, 0.15) is 24.2 Å². The van der Waals surface area contributed by atoms with Crippen LogP contribution in [-0.4, -0.2) is 24.4 Å². The minimum Gasteiger partial charge on any atom is -0.272 e. The zero-order valence-corrected chi connectivity index (χ0v) is 9.79. The first kappa shape index (κ1) is 14.0. The lowest BCUT2D eigenvalue weighted by Crippen LogP contribution is -2.33. The maximum Gasteiger partial charge on any atom is 0.410 e. The van der Waals surface area contributed by atoms with Gasteiger partial charge in [0.25, 0.3) is 0 Å². The third-order valence-electron chi connectivity index (χ3n) is 2.03. The second kappa shape index (κ2) is 4.65. The average molecular weight is 271 g/mol. The number of primary sulfonamides is 1. The summed E-state index contributed by atoms with van der Waals surface area (Å²) in [5, 5.41) is 5.53. The van der Waals surface area contributed by atoms with Crippen LogP contribution in [0, 0.1) is 0 Å². The first-order valence-electron chi connectivity index (χ1n) is 4.77. The molecule has 0 aliphatic heterocycles. The molecule has 1 rings (SSSR count). The SMILES string of the molecule is CCCn1cc(C(C(F)(F)F)S(N)(=O)=O)cn1. The fourth-order valence-corrected chi connectivity index (χ4v) is 2.30. The van der Waals surface area contributed by atoms with E-state index in [0.717, 1.165) is 12.4 Å². The van der Waals surface area contributed by atoms with Crippen LogP contribution >= 0.6 is 0 Å². The van der Waals surface area contributed by atoms with Gasteiger partial charge >= 0.3 is 6.18 Å². The topological polar surface area (TPSA) is 78.0 Å². The maximum absolute atomic E-state index is 12.6. The Bertz CT molecular complexity index is 480. The zero-order valence-electron chi connectivity index (χ0n) is 8.98. The van der Waals surface area contributed by atoms with Crippen LogP contribution in [0.5, 0.6) is 0 Å². The summed E-state index contributed by atoms with van der Waals surface area (Å²) >= 11 is 0. The van der Waals surface area contributed by atoms with Crippen LogP contribution in [0.15, 0.2) is 12.4 Å². The van der Waals surface area contributed by atoms with E-state index in [0.29, 0.717) is 13.0 Å². The molecule has 9 heteroatoms. The second-order valence-corrected chi connectivity index (χ2v) is 5.20. The number of nitrogens with two attached hydrogens (primary N) is 1. The molecule has 0 fully saturated rings. The molecular weight excluding hydrogens is 259 g/mol. The van der Waals surface area contributed by atoms with Crippen molar-refractivity contribution in [3.05, 3.63) is 18.0 Å². The van der Waals surface area contributed by atoms with E-state index in [1.807, 2.05) is 6.92 Å². The van der Waals surface area contributed by atoms with Gasteiger partial charge in [-0.15, -0.1) is 0 Å². The Hall–Kier alpha value is -1.09. The highest BCUT2D eigenvalue weighted by molar-refractivity contribution is 7.89. The van der Waals surface area contributed by atoms with Gasteiger partial charge in [0.1, 0.15) is 0 Å². The summed E-state index contributed by atoms with van der Waals surface area (Å²) in [6, 6.07) is 0. The number of aromatic nitrogens is 2. The minimum atomic E-state index is -4.95. The summed E-state index contributed by atoms with van der Waals surface area (Å²) in [7, 11) is -4.76. The summed E-state index contributed by atoms with van der Waals surface area (Å²) in [4.78, 5) is 0. The van der Waals surface area contributed by atoms with Gasteiger partial charge in [0.15, 0.2) is 5.25 Å². The molecule has 0 radical (unpaired) electrons. The Labute approximate surface area is 96.5 Å². The Balaban J connectivity index is 3.15. The van der Waals surface area contributed by atoms with Crippen molar-refractivity contribution in [2.45, 2.75) is 31.3 Å². The predicted octanol–water partition coefficient (Wildman–Crippen LogP) is 1.19. The predicted molar refractivity (Wildman–Crippen MR) is 54.4 cm³/mol. The van der Waals surface area contributed by atoms with E-state index in [1.54, 1.807) is 0 Å². The van der Waals surface area contributed by atoms with Gasteiger partial charge in [-0.1, -0.05) is 6.92 Å². The van der Waals surface area contributed by atoms with Gasteiger partial charge < -0.3 is 0 Å². The molecule has 0 bridgehead atoms. The number of aryl methyl sites for hydroxylation is 1. The molecule has 1 aromatic rings. The van der Waals surface area contributed by atoms with Crippen molar-refractivity contribution >= 4 is 10.0 Å². The number of rotatable bonds is 4. The zero-order chi connectivity index (χ0) is 13.3. The summed E-state index contributed by atoms with van der Waals surface area (Å²) < 4.78 is 61.0. The van der Waals surface area contributed by atoms with E-state index in [9.17, 15) is 21.6 Å². The van der Waals surface area contributed by atoms with E-state index in [2.05, 4.69) is 10.2 Å². The number of hydrogen-bond donors (Lipinski definition) is 1. The molecule has 98 valence electrons. The normalized spacial score (nSPS) is 14.9. The molecule has 0 saturated heterocycles. The van der Waals surface area contributed by atoms with Crippen LogP contribution in [-0.2, 0) is 16.6 Å². The quantitative estimate of drug-likeness (QED) is 0.893. The molecule has 5 nitrogen and oxygen atoms in total. The highest BCUT2D eigenvalue weighted by Gasteiger charge is 2.49. The Morgan fingerprint density at radius 2 is 2.12 bits per heavy atom. The number of nitrogens with zero attached hydrogens (tertiary/aromatic N) is 2. The molecule has 1 heterocycles. The molecular formula is C8H12F3N3O2S. The number of alkyl halides is 3. The number of sulfonamides is 1. The van der Waals surface area contributed by atoms with Crippen LogP contribution in [0.25, 0.3) is 0 Å². The smallest absolute Gasteiger partial charge is 0.272 e. The lowest BCUT2D eigenvalue weighted by atomic mass is 10.2. The molecule has 1 atom stereocenters. The number of hydrogen-bond acceptors (Lipinski definition) is 3. The van der Waals surface area contributed by atoms with Crippen molar-refractivity contribution in [2.24, 2.45) is 5.14 Å². The molecule has 17 heavy (non-hydrogen) atoms. The lowest BCUT2D eigenvalue weighted by molar-refractivity contribution is -0.131. The minimum absolute atomic E-state index is 0.412. The van der Waals surface area contributed by atoms with Gasteiger partial charge in [-0.3, -0.25) is 4.68 Å². The third-order valence-corrected chi connectivity index (χ3v) is 3.23. The van der Waals surface area contributed by atoms with Crippen molar-refractivity contribution in [1.29, 1.82) is 0 Å². The first-order chi connectivity index (χ1) is 7.66. The molecule has 0 aliphatic rings. The first-order valence-corrected chi connectivity index (χ1v) is 6.38. The summed E-state index contributed by atoms with van der Waals surface area (Å²) in [5.74, 6) is 0. The molecule has 0 aromatic carbocycles. The average Bonchev–Trinajstić information content (AvgIpc) is 2.47. The van der Waals surface area contributed by atoms with Crippen molar-refractivity contribution in [2.75, 3.05) is 0 Å². The maximum atomic E-state index is 12.6. The van der Waals surface area contributed by atoms with Crippen molar-refractivity contribution in [3.8, 4) is 0 Å². The van der Waals surface area contributed by atoms with Gasteiger partial charge in [-0.05, 0) is 6.42 Å². The van der Waals surface area contributed by atoms with E-state index >= 15 is 0 Å². The molecule has 0 amide bonds. The van der Waals surface area contributed by atoms with E-state index in [1.165, 1.54) is 4.68 Å². The van der Waals surface area contributed by atoms with E-state index in [-0.39, 0.29) is 0 Å². The standard InChI is InChI=1S/C8H12F3N3O2S/c1-2-3-14-5-6(4-13-14)7(8(9,10)11)17(12,15)16/h4-5,7H,2-3H2,1H3,(H2,12,15,16). The molecule has 0 aliphatic carbocycles. The van der Waals surface area contributed by atoms with Crippen molar-refractivity contribution in [3.63, 3.8) is 0 Å². The van der Waals surface area contributed by atoms with Crippen molar-refractivity contribution < 1.29 is 21.6 Å². The van der Waals surface area contributed by atoms with Gasteiger partial charge in [0.05, 0.1) is 6.20 Å². The summed E-state index contributed by atoms with van der Waals surface area (Å²) in [6.45, 7) is 2.23. The van der Waals surface area contributed by atoms with Gasteiger partial charge in [-0.2, -0.15) is 18.3 Å². The van der Waals surface area contributed by atoms with Crippen LogP contribution < -0.4 is 5.14 Å². The van der Waals surface area contributed by atoms with E-state index < -0.39 is 27.0 Å². The fourth-order valence-electron chi connectivity index (χ4n) is 1.43. The lowest BCUT2D eigenvalue weighted by Gasteiger charge is -2.16. The molecule has 1 unspecified atom stereocenters. The summed E-state index contributed by atoms with van der Waals surface area (Å²) in [5.41, 5.74) is -0.464. The Morgan fingerprint density at radius 1 is 1.53 bits per heavy atom.